The van der Waals surface area contributed by atoms with Crippen molar-refractivity contribution in [1.82, 2.24) is 4.98 Å². The van der Waals surface area contributed by atoms with E-state index in [2.05, 4.69) is 4.98 Å². The third-order valence-corrected chi connectivity index (χ3v) is 3.52. The number of aromatic nitrogens is 1. The molecule has 0 atom stereocenters. The number of ether oxygens (including phenoxy) is 1. The van der Waals surface area contributed by atoms with Crippen LogP contribution in [-0.2, 0) is 9.53 Å². The van der Waals surface area contributed by atoms with Crippen LogP contribution in [-0.4, -0.2) is 17.6 Å². The van der Waals surface area contributed by atoms with Crippen LogP contribution in [0.15, 0.2) is 22.2 Å². The summed E-state index contributed by atoms with van der Waals surface area (Å²) < 4.78 is 5.04. The van der Waals surface area contributed by atoms with Crippen LogP contribution in [0, 0.1) is 0 Å². The molecule has 2 heterocycles. The fourth-order valence-electron chi connectivity index (χ4n) is 1.38. The lowest BCUT2D eigenvalue weighted by atomic mass is 10.1. The average Bonchev–Trinajstić information content (AvgIpc) is 2.97. The summed E-state index contributed by atoms with van der Waals surface area (Å²) in [4.78, 5) is 16.0. The van der Waals surface area contributed by atoms with Crippen LogP contribution < -0.4 is 5.73 Å². The number of rotatable bonds is 4. The van der Waals surface area contributed by atoms with E-state index in [1.807, 2.05) is 16.8 Å². The van der Waals surface area contributed by atoms with Gasteiger partial charge in [-0.15, -0.1) is 23.7 Å². The van der Waals surface area contributed by atoms with Crippen molar-refractivity contribution in [1.29, 1.82) is 0 Å². The van der Waals surface area contributed by atoms with Crippen LogP contribution in [0.3, 0.4) is 0 Å². The summed E-state index contributed by atoms with van der Waals surface area (Å²) >= 11 is 2.87. The van der Waals surface area contributed by atoms with Gasteiger partial charge in [-0.05, 0) is 35.4 Å². The molecule has 0 aliphatic carbocycles. The van der Waals surface area contributed by atoms with Crippen molar-refractivity contribution < 1.29 is 9.53 Å². The van der Waals surface area contributed by atoms with Crippen LogP contribution in [0.4, 0.5) is 5.13 Å². The van der Waals surface area contributed by atoms with Gasteiger partial charge in [-0.3, -0.25) is 0 Å². The van der Waals surface area contributed by atoms with Crippen molar-refractivity contribution in [3.05, 3.63) is 33.5 Å². The first kappa shape index (κ1) is 15.7. The van der Waals surface area contributed by atoms with Crippen molar-refractivity contribution in [2.75, 3.05) is 12.3 Å². The highest BCUT2D eigenvalue weighted by atomic mass is 35.5. The molecule has 19 heavy (non-hydrogen) atoms. The van der Waals surface area contributed by atoms with Crippen LogP contribution in [0.25, 0.3) is 11.6 Å². The molecule has 0 radical (unpaired) electrons. The topological polar surface area (TPSA) is 65.2 Å². The molecule has 7 heteroatoms. The molecule has 102 valence electrons. The molecule has 0 saturated heterocycles. The van der Waals surface area contributed by atoms with E-state index in [1.54, 1.807) is 29.7 Å². The smallest absolute Gasteiger partial charge is 0.340 e. The Kier molecular flexibility index (Phi) is 6.01. The highest BCUT2D eigenvalue weighted by molar-refractivity contribution is 7.13. The number of nitrogens with zero attached hydrogens (tertiary/aromatic N) is 1. The van der Waals surface area contributed by atoms with E-state index in [9.17, 15) is 4.79 Å². The van der Waals surface area contributed by atoms with Crippen molar-refractivity contribution in [2.45, 2.75) is 6.92 Å². The van der Waals surface area contributed by atoms with Crippen LogP contribution in [0.1, 0.15) is 18.2 Å². The van der Waals surface area contributed by atoms with Crippen LogP contribution >= 0.6 is 35.1 Å². The minimum absolute atomic E-state index is 0. The lowest BCUT2D eigenvalue weighted by molar-refractivity contribution is -0.136. The van der Waals surface area contributed by atoms with E-state index in [1.165, 1.54) is 11.3 Å². The number of carbonyl (C=O) groups excluding carboxylic acids is 1. The van der Waals surface area contributed by atoms with Gasteiger partial charge in [0, 0.05) is 5.38 Å². The summed E-state index contributed by atoms with van der Waals surface area (Å²) in [5, 5.41) is 6.09. The molecule has 2 aromatic heterocycles. The van der Waals surface area contributed by atoms with Gasteiger partial charge < -0.3 is 10.5 Å². The summed E-state index contributed by atoms with van der Waals surface area (Å²) in [5.41, 5.74) is 7.54. The molecule has 0 spiro atoms. The maximum atomic E-state index is 11.9. The van der Waals surface area contributed by atoms with Gasteiger partial charge >= 0.3 is 5.97 Å². The first-order chi connectivity index (χ1) is 8.70. The van der Waals surface area contributed by atoms with Crippen molar-refractivity contribution in [2.24, 2.45) is 0 Å². The second kappa shape index (κ2) is 7.28. The van der Waals surface area contributed by atoms with Crippen LogP contribution in [0.2, 0.25) is 0 Å². The van der Waals surface area contributed by atoms with Crippen molar-refractivity contribution in [3.8, 4) is 0 Å². The first-order valence-electron chi connectivity index (χ1n) is 5.33. The van der Waals surface area contributed by atoms with E-state index < -0.39 is 0 Å². The third kappa shape index (κ3) is 4.05. The predicted molar refractivity (Wildman–Crippen MR) is 82.6 cm³/mol. The number of thiophene rings is 1. The molecule has 0 aliphatic rings. The normalized spacial score (nSPS) is 10.9. The Labute approximate surface area is 125 Å². The number of nitrogen functional groups attached to an aromatic ring is 1. The maximum absolute atomic E-state index is 11.9. The molecule has 0 aliphatic heterocycles. The van der Waals surface area contributed by atoms with Gasteiger partial charge in [0.2, 0.25) is 0 Å². The summed E-state index contributed by atoms with van der Waals surface area (Å²) in [6.45, 7) is 2.11. The van der Waals surface area contributed by atoms with Gasteiger partial charge in [0.05, 0.1) is 17.9 Å². The molecule has 4 nitrogen and oxygen atoms in total. The maximum Gasteiger partial charge on any atom is 0.340 e. The SMILES string of the molecule is CCOC(=O)C(=Cc1ccsc1)c1csc(N)n1.Cl. The standard InChI is InChI=1S/C12H12N2O2S2.ClH/c1-2-16-11(15)9(5-8-3-4-17-6-8)10-7-18-12(13)14-10;/h3-7H,2H2,1H3,(H2,13,14);1H. The number of esters is 1. The molecular weight excluding hydrogens is 304 g/mol. The molecule has 0 fully saturated rings. The second-order valence-electron chi connectivity index (χ2n) is 3.41. The molecule has 0 amide bonds. The number of hydrogen-bond acceptors (Lipinski definition) is 6. The minimum Gasteiger partial charge on any atom is -0.462 e. The largest absolute Gasteiger partial charge is 0.462 e. The van der Waals surface area contributed by atoms with E-state index in [0.717, 1.165) is 5.56 Å². The zero-order valence-electron chi connectivity index (χ0n) is 10.2. The van der Waals surface area contributed by atoms with Gasteiger partial charge in [-0.25, -0.2) is 9.78 Å². The summed E-state index contributed by atoms with van der Waals surface area (Å²) in [6.07, 6.45) is 1.77. The molecule has 2 N–H and O–H groups in total. The zero-order valence-corrected chi connectivity index (χ0v) is 12.6. The van der Waals surface area contributed by atoms with Crippen molar-refractivity contribution >= 4 is 57.8 Å². The molecule has 2 rings (SSSR count). The molecular formula is C12H13ClN2O2S2. The minimum atomic E-state index is -0.381. The predicted octanol–water partition coefficient (Wildman–Crippen LogP) is 3.31. The van der Waals surface area contributed by atoms with Gasteiger partial charge in [0.15, 0.2) is 5.13 Å². The highest BCUT2D eigenvalue weighted by Crippen LogP contribution is 2.23. The molecule has 2 aromatic rings. The second-order valence-corrected chi connectivity index (χ2v) is 5.08. The summed E-state index contributed by atoms with van der Waals surface area (Å²) in [6, 6.07) is 1.93. The average molecular weight is 317 g/mol. The summed E-state index contributed by atoms with van der Waals surface area (Å²) in [5.74, 6) is -0.381. The molecule has 0 saturated carbocycles. The molecule has 0 aromatic carbocycles. The number of halogens is 1. The fraction of sp³-hybridized carbons (Fsp3) is 0.167. The number of hydrogen-bond donors (Lipinski definition) is 1. The Morgan fingerprint density at radius 2 is 2.32 bits per heavy atom. The van der Waals surface area contributed by atoms with Crippen molar-refractivity contribution in [3.63, 3.8) is 0 Å². The lowest BCUT2D eigenvalue weighted by Crippen LogP contribution is -2.07. The molecule has 0 bridgehead atoms. The fourth-order valence-corrected chi connectivity index (χ4v) is 2.56. The zero-order chi connectivity index (χ0) is 13.0. The first-order valence-corrected chi connectivity index (χ1v) is 7.15. The van der Waals surface area contributed by atoms with Gasteiger partial charge in [-0.2, -0.15) is 11.3 Å². The number of thiazole rings is 1. The third-order valence-electron chi connectivity index (χ3n) is 2.15. The monoisotopic (exact) mass is 316 g/mol. The van der Waals surface area contributed by atoms with Gasteiger partial charge in [0.1, 0.15) is 0 Å². The number of anilines is 1. The van der Waals surface area contributed by atoms with E-state index >= 15 is 0 Å². The quantitative estimate of drug-likeness (QED) is 0.694. The van der Waals surface area contributed by atoms with Crippen LogP contribution in [0.5, 0.6) is 0 Å². The Bertz CT molecular complexity index is 564. The number of nitrogens with two attached hydrogens (primary N) is 1. The highest BCUT2D eigenvalue weighted by Gasteiger charge is 2.16. The lowest BCUT2D eigenvalue weighted by Gasteiger charge is -2.03. The molecule has 0 unspecified atom stereocenters. The Hall–Kier alpha value is -1.37. The van der Waals surface area contributed by atoms with Gasteiger partial charge in [-0.1, -0.05) is 0 Å². The Balaban J connectivity index is 0.00000180. The number of carbonyl (C=O) groups is 1. The Morgan fingerprint density at radius 1 is 1.53 bits per heavy atom. The van der Waals surface area contributed by atoms with E-state index in [0.29, 0.717) is 23.0 Å². The van der Waals surface area contributed by atoms with E-state index in [-0.39, 0.29) is 18.4 Å². The Morgan fingerprint density at radius 3 is 2.84 bits per heavy atom. The van der Waals surface area contributed by atoms with E-state index in [4.69, 9.17) is 10.5 Å². The van der Waals surface area contributed by atoms with Gasteiger partial charge in [0.25, 0.3) is 0 Å². The summed E-state index contributed by atoms with van der Waals surface area (Å²) in [7, 11) is 0.